The molecular formula is C21H31ClN2O3. The number of likely N-dealkylation sites (tertiary alicyclic amines) is 1. The molecule has 1 aliphatic rings. The van der Waals surface area contributed by atoms with E-state index in [9.17, 15) is 4.79 Å². The van der Waals surface area contributed by atoms with Crippen LogP contribution in [0.1, 0.15) is 37.0 Å². The Kier molecular flexibility index (Phi) is 9.11. The van der Waals surface area contributed by atoms with E-state index in [0.29, 0.717) is 35.4 Å². The molecule has 1 aromatic carbocycles. The van der Waals surface area contributed by atoms with Crippen molar-refractivity contribution in [3.8, 4) is 5.75 Å². The Hall–Kier alpha value is -1.56. The first-order valence-corrected chi connectivity index (χ1v) is 9.99. The van der Waals surface area contributed by atoms with Gasteiger partial charge in [-0.2, -0.15) is 0 Å². The summed E-state index contributed by atoms with van der Waals surface area (Å²) < 4.78 is 11.0. The summed E-state index contributed by atoms with van der Waals surface area (Å²) in [5, 5.41) is 3.25. The van der Waals surface area contributed by atoms with Gasteiger partial charge in [-0.05, 0) is 37.0 Å². The molecule has 0 radical (unpaired) electrons. The Labute approximate surface area is 167 Å². The molecule has 1 saturated heterocycles. The van der Waals surface area contributed by atoms with Gasteiger partial charge in [0.15, 0.2) is 0 Å². The van der Waals surface area contributed by atoms with Crippen molar-refractivity contribution < 1.29 is 14.3 Å². The van der Waals surface area contributed by atoms with Crippen LogP contribution in [0.5, 0.6) is 5.75 Å². The van der Waals surface area contributed by atoms with Crippen LogP contribution in [0.3, 0.4) is 0 Å². The fourth-order valence-electron chi connectivity index (χ4n) is 2.98. The molecule has 1 aliphatic heterocycles. The zero-order chi connectivity index (χ0) is 19.6. The lowest BCUT2D eigenvalue weighted by atomic mass is 10.1. The zero-order valence-corrected chi connectivity index (χ0v) is 17.3. The molecule has 2 rings (SSSR count). The molecule has 5 nitrogen and oxygen atoms in total. The number of allylic oxidation sites excluding steroid dienone is 1. The van der Waals surface area contributed by atoms with Crippen molar-refractivity contribution in [2.45, 2.75) is 32.8 Å². The monoisotopic (exact) mass is 394 g/mol. The SMILES string of the molecule is COCCNC(=O)c1ccc(OC2CCN(C/C=C/C(C)C)CC2)c(Cl)c1. The summed E-state index contributed by atoms with van der Waals surface area (Å²) in [7, 11) is 1.60. The van der Waals surface area contributed by atoms with Crippen LogP contribution in [-0.4, -0.2) is 56.8 Å². The molecule has 1 amide bonds. The van der Waals surface area contributed by atoms with Gasteiger partial charge in [-0.15, -0.1) is 0 Å². The van der Waals surface area contributed by atoms with Crippen LogP contribution in [-0.2, 0) is 4.74 Å². The van der Waals surface area contributed by atoms with Crippen LogP contribution in [0, 0.1) is 5.92 Å². The molecule has 0 spiro atoms. The van der Waals surface area contributed by atoms with Gasteiger partial charge in [0.2, 0.25) is 0 Å². The third-order valence-electron chi connectivity index (χ3n) is 4.50. The average Bonchev–Trinajstić information content (AvgIpc) is 2.64. The van der Waals surface area contributed by atoms with Crippen LogP contribution >= 0.6 is 11.6 Å². The van der Waals surface area contributed by atoms with Gasteiger partial charge < -0.3 is 14.8 Å². The molecule has 0 atom stereocenters. The van der Waals surface area contributed by atoms with Crippen molar-refractivity contribution in [1.82, 2.24) is 10.2 Å². The number of hydrogen-bond acceptors (Lipinski definition) is 4. The van der Waals surface area contributed by atoms with Gasteiger partial charge >= 0.3 is 0 Å². The summed E-state index contributed by atoms with van der Waals surface area (Å²) in [5.41, 5.74) is 0.523. The second-order valence-corrected chi connectivity index (χ2v) is 7.59. The molecule has 1 N–H and O–H groups in total. The van der Waals surface area contributed by atoms with Crippen LogP contribution in [0.4, 0.5) is 0 Å². The van der Waals surface area contributed by atoms with E-state index >= 15 is 0 Å². The predicted octanol–water partition coefficient (Wildman–Crippen LogP) is 3.77. The Bertz CT molecular complexity index is 626. The summed E-state index contributed by atoms with van der Waals surface area (Å²) in [5.74, 6) is 1.07. The highest BCUT2D eigenvalue weighted by Gasteiger charge is 2.21. The molecule has 0 saturated carbocycles. The molecule has 0 bridgehead atoms. The van der Waals surface area contributed by atoms with Gasteiger partial charge in [0.1, 0.15) is 11.9 Å². The highest BCUT2D eigenvalue weighted by Crippen LogP contribution is 2.28. The highest BCUT2D eigenvalue weighted by atomic mass is 35.5. The molecule has 1 heterocycles. The number of carbonyl (C=O) groups excluding carboxylic acids is 1. The lowest BCUT2D eigenvalue weighted by molar-refractivity contribution is 0.0936. The number of carbonyl (C=O) groups is 1. The standard InChI is InChI=1S/C21H31ClN2O3/c1-16(2)5-4-11-24-12-8-18(9-13-24)27-20-7-6-17(15-19(20)22)21(25)23-10-14-26-3/h4-7,15-16,18H,8-14H2,1-3H3,(H,23,25)/b5-4+. The van der Waals surface area contributed by atoms with Crippen LogP contribution in [0.15, 0.2) is 30.4 Å². The number of methoxy groups -OCH3 is 1. The molecule has 0 unspecified atom stereocenters. The quantitative estimate of drug-likeness (QED) is 0.511. The van der Waals surface area contributed by atoms with Crippen LogP contribution < -0.4 is 10.1 Å². The summed E-state index contributed by atoms with van der Waals surface area (Å²) in [6.45, 7) is 8.36. The maximum atomic E-state index is 12.1. The Balaban J connectivity index is 1.81. The topological polar surface area (TPSA) is 50.8 Å². The first-order chi connectivity index (χ1) is 13.0. The van der Waals surface area contributed by atoms with Crippen molar-refractivity contribution in [2.24, 2.45) is 5.92 Å². The van der Waals surface area contributed by atoms with Gasteiger partial charge in [0, 0.05) is 38.9 Å². The number of nitrogens with zero attached hydrogens (tertiary/aromatic N) is 1. The smallest absolute Gasteiger partial charge is 0.251 e. The fourth-order valence-corrected chi connectivity index (χ4v) is 3.20. The Morgan fingerprint density at radius 3 is 2.74 bits per heavy atom. The minimum absolute atomic E-state index is 0.161. The van der Waals surface area contributed by atoms with Crippen molar-refractivity contribution >= 4 is 17.5 Å². The summed E-state index contributed by atoms with van der Waals surface area (Å²) in [4.78, 5) is 14.5. The van der Waals surface area contributed by atoms with Crippen molar-refractivity contribution in [3.63, 3.8) is 0 Å². The molecule has 6 heteroatoms. The van der Waals surface area contributed by atoms with E-state index < -0.39 is 0 Å². The molecule has 1 fully saturated rings. The molecule has 0 aliphatic carbocycles. The number of nitrogens with one attached hydrogen (secondary N) is 1. The molecule has 27 heavy (non-hydrogen) atoms. The number of hydrogen-bond donors (Lipinski definition) is 1. The Morgan fingerprint density at radius 2 is 2.11 bits per heavy atom. The fraction of sp³-hybridized carbons (Fsp3) is 0.571. The first-order valence-electron chi connectivity index (χ1n) is 9.62. The van der Waals surface area contributed by atoms with Crippen LogP contribution in [0.2, 0.25) is 5.02 Å². The maximum absolute atomic E-state index is 12.1. The van der Waals surface area contributed by atoms with Gasteiger partial charge in [-0.25, -0.2) is 0 Å². The van der Waals surface area contributed by atoms with E-state index in [2.05, 4.69) is 36.2 Å². The predicted molar refractivity (Wildman–Crippen MR) is 110 cm³/mol. The number of amides is 1. The third kappa shape index (κ3) is 7.53. The lowest BCUT2D eigenvalue weighted by Gasteiger charge is -2.31. The van der Waals surface area contributed by atoms with Crippen LogP contribution in [0.25, 0.3) is 0 Å². The van der Waals surface area contributed by atoms with Gasteiger partial charge in [0.25, 0.3) is 5.91 Å². The average molecular weight is 395 g/mol. The van der Waals surface area contributed by atoms with Crippen molar-refractivity contribution in [3.05, 3.63) is 40.9 Å². The number of halogens is 1. The van der Waals surface area contributed by atoms with E-state index in [1.165, 1.54) is 0 Å². The first kappa shape index (κ1) is 21.7. The lowest BCUT2D eigenvalue weighted by Crippen LogP contribution is -2.38. The summed E-state index contributed by atoms with van der Waals surface area (Å²) in [6, 6.07) is 5.19. The molecule has 150 valence electrons. The number of rotatable bonds is 9. The van der Waals surface area contributed by atoms with Gasteiger partial charge in [0.05, 0.1) is 11.6 Å². The molecular weight excluding hydrogens is 364 g/mol. The highest BCUT2D eigenvalue weighted by molar-refractivity contribution is 6.32. The van der Waals surface area contributed by atoms with E-state index in [-0.39, 0.29) is 12.0 Å². The number of benzene rings is 1. The molecule has 1 aromatic rings. The number of piperidine rings is 1. The minimum Gasteiger partial charge on any atom is -0.489 e. The second-order valence-electron chi connectivity index (χ2n) is 7.18. The van der Waals surface area contributed by atoms with Crippen molar-refractivity contribution in [1.29, 1.82) is 0 Å². The normalized spacial score (nSPS) is 16.2. The largest absolute Gasteiger partial charge is 0.489 e. The van der Waals surface area contributed by atoms with Crippen molar-refractivity contribution in [2.75, 3.05) is 39.9 Å². The Morgan fingerprint density at radius 1 is 1.37 bits per heavy atom. The third-order valence-corrected chi connectivity index (χ3v) is 4.79. The van der Waals surface area contributed by atoms with E-state index in [4.69, 9.17) is 21.1 Å². The summed E-state index contributed by atoms with van der Waals surface area (Å²) in [6.07, 6.45) is 6.61. The minimum atomic E-state index is -0.164. The maximum Gasteiger partial charge on any atom is 0.251 e. The second kappa shape index (κ2) is 11.3. The van der Waals surface area contributed by atoms with Gasteiger partial charge in [-0.1, -0.05) is 37.6 Å². The van der Waals surface area contributed by atoms with E-state index in [0.717, 1.165) is 32.5 Å². The van der Waals surface area contributed by atoms with E-state index in [1.54, 1.807) is 25.3 Å². The summed E-state index contributed by atoms with van der Waals surface area (Å²) >= 11 is 6.33. The molecule has 0 aromatic heterocycles. The van der Waals surface area contributed by atoms with E-state index in [1.807, 2.05) is 0 Å². The number of ether oxygens (including phenoxy) is 2. The van der Waals surface area contributed by atoms with Gasteiger partial charge in [-0.3, -0.25) is 9.69 Å². The zero-order valence-electron chi connectivity index (χ0n) is 16.5.